The van der Waals surface area contributed by atoms with Crippen LogP contribution in [0.3, 0.4) is 0 Å². The van der Waals surface area contributed by atoms with Gasteiger partial charge in [0, 0.05) is 0 Å². The molecule has 0 amide bonds. The largest absolute Gasteiger partial charge is 0.509 e. The zero-order valence-electron chi connectivity index (χ0n) is 25.4. The number of fused-ring (bicyclic) bond motifs is 5. The summed E-state index contributed by atoms with van der Waals surface area (Å²) in [5.41, 5.74) is 0.525. The summed E-state index contributed by atoms with van der Waals surface area (Å²) in [6.07, 6.45) is 3.04. The van der Waals surface area contributed by atoms with Gasteiger partial charge >= 0.3 is 12.3 Å². The van der Waals surface area contributed by atoms with E-state index in [1.807, 2.05) is 0 Å². The molecular formula is C31H51F3O6S. The standard InChI is InChI=1S/C31H51F3O6S/c1-19(2)7-6-8-20(3)24-11-12-25-23-10-9-21-17-22(13-15-29(21,4)26(23)14-16-30(24,25)5)39-28(35)40-27(31(32,33)34)18-41(36,37)38/h19-27H,6-18H2,1-5H3,(H,36,37,38)/t20-,21+,22?,23+,24-,25+,26+,27?,29+,30-/m1/s1. The summed E-state index contributed by atoms with van der Waals surface area (Å²) in [4.78, 5) is 12.2. The van der Waals surface area contributed by atoms with E-state index in [0.717, 1.165) is 42.9 Å². The number of halogens is 3. The lowest BCUT2D eigenvalue weighted by Gasteiger charge is -2.61. The molecule has 4 saturated carbocycles. The van der Waals surface area contributed by atoms with Gasteiger partial charge in [-0.2, -0.15) is 21.6 Å². The molecule has 6 nitrogen and oxygen atoms in total. The highest BCUT2D eigenvalue weighted by Gasteiger charge is 2.60. The molecule has 0 aliphatic heterocycles. The van der Waals surface area contributed by atoms with Crippen LogP contribution in [0.25, 0.3) is 0 Å². The highest BCUT2D eigenvalue weighted by Crippen LogP contribution is 2.68. The highest BCUT2D eigenvalue weighted by molar-refractivity contribution is 7.85. The zero-order chi connectivity index (χ0) is 30.4. The third kappa shape index (κ3) is 7.21. The van der Waals surface area contributed by atoms with Crippen LogP contribution < -0.4 is 0 Å². The fourth-order valence-electron chi connectivity index (χ4n) is 10.0. The first-order valence-electron chi connectivity index (χ1n) is 15.8. The Bertz CT molecular complexity index is 1030. The Labute approximate surface area is 244 Å². The molecule has 2 unspecified atom stereocenters. The number of carbonyl (C=O) groups excluding carboxylic acids is 1. The summed E-state index contributed by atoms with van der Waals surface area (Å²) in [5, 5.41) is 0. The summed E-state index contributed by atoms with van der Waals surface area (Å²) in [7, 11) is -5.00. The van der Waals surface area contributed by atoms with Gasteiger partial charge in [0.15, 0.2) is 0 Å². The number of hydrogen-bond acceptors (Lipinski definition) is 5. The molecule has 4 aliphatic carbocycles. The molecule has 10 atom stereocenters. The lowest BCUT2D eigenvalue weighted by Crippen LogP contribution is -2.54. The summed E-state index contributed by atoms with van der Waals surface area (Å²) in [6, 6.07) is 0. The first-order chi connectivity index (χ1) is 18.9. The second kappa shape index (κ2) is 12.2. The second-order valence-electron chi connectivity index (χ2n) is 14.8. The van der Waals surface area contributed by atoms with E-state index in [1.165, 1.54) is 44.9 Å². The number of rotatable bonds is 9. The van der Waals surface area contributed by atoms with Crippen molar-refractivity contribution in [3.05, 3.63) is 0 Å². The van der Waals surface area contributed by atoms with Crippen LogP contribution in [0.2, 0.25) is 0 Å². The third-order valence-electron chi connectivity index (χ3n) is 12.0. The topological polar surface area (TPSA) is 89.9 Å². The van der Waals surface area contributed by atoms with Gasteiger partial charge in [0.25, 0.3) is 10.1 Å². The third-order valence-corrected chi connectivity index (χ3v) is 12.8. The molecule has 4 rings (SSSR count). The summed E-state index contributed by atoms with van der Waals surface area (Å²) < 4.78 is 80.0. The van der Waals surface area contributed by atoms with Crippen molar-refractivity contribution in [3.63, 3.8) is 0 Å². The first-order valence-corrected chi connectivity index (χ1v) is 17.4. The van der Waals surface area contributed by atoms with Gasteiger partial charge in [0.1, 0.15) is 11.9 Å². The first kappa shape index (κ1) is 32.9. The Kier molecular flexibility index (Phi) is 9.75. The number of alkyl halides is 3. The van der Waals surface area contributed by atoms with E-state index < -0.39 is 40.4 Å². The Hall–Kier alpha value is -1.03. The van der Waals surface area contributed by atoms with Crippen molar-refractivity contribution in [2.24, 2.45) is 52.3 Å². The van der Waals surface area contributed by atoms with Crippen molar-refractivity contribution < 1.29 is 40.4 Å². The maximum Gasteiger partial charge on any atom is 0.509 e. The van der Waals surface area contributed by atoms with Crippen LogP contribution in [0.1, 0.15) is 112 Å². The van der Waals surface area contributed by atoms with Crippen molar-refractivity contribution in [1.82, 2.24) is 0 Å². The fraction of sp³-hybridized carbons (Fsp3) is 0.968. The highest BCUT2D eigenvalue weighted by atomic mass is 32.2. The molecule has 4 fully saturated rings. The van der Waals surface area contributed by atoms with Crippen LogP contribution in [0.5, 0.6) is 0 Å². The minimum absolute atomic E-state index is 0.119. The molecule has 0 spiro atoms. The molecule has 10 heteroatoms. The van der Waals surface area contributed by atoms with Crippen molar-refractivity contribution in [2.75, 3.05) is 5.75 Å². The fourth-order valence-corrected chi connectivity index (χ4v) is 10.7. The summed E-state index contributed by atoms with van der Waals surface area (Å²) in [6.45, 7) is 12.1. The SMILES string of the molecule is CC(C)CCC[C@@H](C)[C@H]1CC[C@H]2[C@@H]3CC[C@H]4CC(OC(=O)OC(CS(=O)(=O)O)C(F)(F)F)CC[C@]4(C)[C@H]3CC[C@]12C. The quantitative estimate of drug-likeness (QED) is 0.209. The van der Waals surface area contributed by atoms with Gasteiger partial charge in [0.05, 0.1) is 0 Å². The van der Waals surface area contributed by atoms with Crippen molar-refractivity contribution >= 4 is 16.3 Å². The van der Waals surface area contributed by atoms with Crippen molar-refractivity contribution in [3.8, 4) is 0 Å². The minimum atomic E-state index is -5.14. The van der Waals surface area contributed by atoms with E-state index in [9.17, 15) is 26.4 Å². The van der Waals surface area contributed by atoms with Gasteiger partial charge < -0.3 is 9.47 Å². The van der Waals surface area contributed by atoms with Gasteiger partial charge in [-0.15, -0.1) is 0 Å². The summed E-state index contributed by atoms with van der Waals surface area (Å²) >= 11 is 0. The van der Waals surface area contributed by atoms with E-state index in [0.29, 0.717) is 36.0 Å². The number of hydrogen-bond donors (Lipinski definition) is 1. The molecule has 0 aromatic heterocycles. The van der Waals surface area contributed by atoms with Gasteiger partial charge in [0.2, 0.25) is 6.10 Å². The van der Waals surface area contributed by atoms with E-state index in [2.05, 4.69) is 39.4 Å². The lowest BCUT2D eigenvalue weighted by molar-refractivity contribution is -0.204. The van der Waals surface area contributed by atoms with Gasteiger partial charge in [-0.1, -0.05) is 53.9 Å². The average Bonchev–Trinajstić information content (AvgIpc) is 3.19. The van der Waals surface area contributed by atoms with Crippen LogP contribution >= 0.6 is 0 Å². The molecule has 0 bridgehead atoms. The molecule has 1 N–H and O–H groups in total. The maximum atomic E-state index is 13.2. The van der Waals surface area contributed by atoms with Crippen molar-refractivity contribution in [1.29, 1.82) is 0 Å². The van der Waals surface area contributed by atoms with Crippen LogP contribution in [-0.4, -0.2) is 43.3 Å². The van der Waals surface area contributed by atoms with Crippen LogP contribution in [-0.2, 0) is 19.6 Å². The molecule has 0 aromatic carbocycles. The molecular weight excluding hydrogens is 557 g/mol. The Morgan fingerprint density at radius 3 is 2.24 bits per heavy atom. The van der Waals surface area contributed by atoms with Gasteiger partial charge in [-0.3, -0.25) is 4.55 Å². The van der Waals surface area contributed by atoms with Crippen LogP contribution in [0.4, 0.5) is 18.0 Å². The van der Waals surface area contributed by atoms with Gasteiger partial charge in [-0.25, -0.2) is 4.79 Å². The predicted octanol–water partition coefficient (Wildman–Crippen LogP) is 8.45. The molecule has 41 heavy (non-hydrogen) atoms. The molecule has 0 saturated heterocycles. The Morgan fingerprint density at radius 2 is 1.61 bits per heavy atom. The molecule has 4 aliphatic rings. The molecule has 0 heterocycles. The van der Waals surface area contributed by atoms with E-state index in [-0.39, 0.29) is 5.41 Å². The minimum Gasteiger partial charge on any atom is -0.431 e. The second-order valence-corrected chi connectivity index (χ2v) is 16.3. The Balaban J connectivity index is 1.36. The Morgan fingerprint density at radius 1 is 0.951 bits per heavy atom. The maximum absolute atomic E-state index is 13.2. The summed E-state index contributed by atoms with van der Waals surface area (Å²) in [5.74, 6) is 2.96. The van der Waals surface area contributed by atoms with Crippen LogP contribution in [0.15, 0.2) is 0 Å². The average molecular weight is 609 g/mol. The van der Waals surface area contributed by atoms with Gasteiger partial charge in [-0.05, 0) is 110 Å². The normalized spacial score (nSPS) is 38.9. The van der Waals surface area contributed by atoms with E-state index in [1.54, 1.807) is 0 Å². The molecule has 0 radical (unpaired) electrons. The zero-order valence-corrected chi connectivity index (χ0v) is 26.2. The van der Waals surface area contributed by atoms with Crippen molar-refractivity contribution in [2.45, 2.75) is 130 Å². The predicted molar refractivity (Wildman–Crippen MR) is 151 cm³/mol. The van der Waals surface area contributed by atoms with Crippen LogP contribution in [0, 0.1) is 52.3 Å². The lowest BCUT2D eigenvalue weighted by atomic mass is 9.44. The molecule has 0 aromatic rings. The number of ether oxygens (including phenoxy) is 2. The monoisotopic (exact) mass is 608 g/mol. The smallest absolute Gasteiger partial charge is 0.431 e. The molecule has 238 valence electrons. The van der Waals surface area contributed by atoms with E-state index >= 15 is 0 Å². The number of carbonyl (C=O) groups is 1. The van der Waals surface area contributed by atoms with E-state index in [4.69, 9.17) is 9.29 Å².